The van der Waals surface area contributed by atoms with Crippen LogP contribution in [0, 0.1) is 0 Å². The molecule has 0 bridgehead atoms. The van der Waals surface area contributed by atoms with E-state index in [0.29, 0.717) is 17.3 Å². The van der Waals surface area contributed by atoms with Crippen LogP contribution < -0.4 is 10.1 Å². The standard InChI is InChI=1S/C22H27ClN2O3/c1-16(28-21-8-6-19(23)7-9-21)22(27)24-14-17-2-4-18(5-3-17)15-25-12-10-20(26)11-13-25/h2-9,16,20,26H,10-15H2,1H3,(H,24,27). The summed E-state index contributed by atoms with van der Waals surface area (Å²) in [5, 5.41) is 13.1. The second kappa shape index (κ2) is 9.92. The monoisotopic (exact) mass is 402 g/mol. The SMILES string of the molecule is CC(Oc1ccc(Cl)cc1)C(=O)NCc1ccc(CN2CCC(O)CC2)cc1. The van der Waals surface area contributed by atoms with Crippen LogP contribution in [0.5, 0.6) is 5.75 Å². The smallest absolute Gasteiger partial charge is 0.261 e. The molecule has 2 aromatic rings. The first-order valence-corrected chi connectivity index (χ1v) is 10.1. The maximum Gasteiger partial charge on any atom is 0.261 e. The van der Waals surface area contributed by atoms with E-state index >= 15 is 0 Å². The van der Waals surface area contributed by atoms with Crippen molar-refractivity contribution in [3.63, 3.8) is 0 Å². The van der Waals surface area contributed by atoms with Crippen molar-refractivity contribution in [2.45, 2.75) is 45.1 Å². The van der Waals surface area contributed by atoms with Crippen LogP contribution in [0.1, 0.15) is 30.9 Å². The summed E-state index contributed by atoms with van der Waals surface area (Å²) < 4.78 is 5.64. The van der Waals surface area contributed by atoms with Crippen molar-refractivity contribution in [2.75, 3.05) is 13.1 Å². The molecule has 0 saturated carbocycles. The Labute approximate surface area is 171 Å². The van der Waals surface area contributed by atoms with E-state index in [1.807, 2.05) is 12.1 Å². The minimum atomic E-state index is -0.588. The highest BCUT2D eigenvalue weighted by atomic mass is 35.5. The van der Waals surface area contributed by atoms with Gasteiger partial charge in [0.25, 0.3) is 5.91 Å². The lowest BCUT2D eigenvalue weighted by Crippen LogP contribution is -2.36. The van der Waals surface area contributed by atoms with E-state index in [2.05, 4.69) is 22.3 Å². The average molecular weight is 403 g/mol. The van der Waals surface area contributed by atoms with Gasteiger partial charge in [-0.3, -0.25) is 9.69 Å². The third-order valence-corrected chi connectivity index (χ3v) is 5.20. The van der Waals surface area contributed by atoms with E-state index in [1.54, 1.807) is 31.2 Å². The fraction of sp³-hybridized carbons (Fsp3) is 0.409. The van der Waals surface area contributed by atoms with E-state index in [9.17, 15) is 9.90 Å². The van der Waals surface area contributed by atoms with Crippen molar-refractivity contribution in [2.24, 2.45) is 0 Å². The molecular weight excluding hydrogens is 376 g/mol. The van der Waals surface area contributed by atoms with Crippen LogP contribution >= 0.6 is 11.6 Å². The molecule has 1 aliphatic rings. The number of benzene rings is 2. The second-order valence-corrected chi connectivity index (χ2v) is 7.69. The largest absolute Gasteiger partial charge is 0.481 e. The Morgan fingerprint density at radius 1 is 1.14 bits per heavy atom. The number of aliphatic hydroxyl groups is 1. The van der Waals surface area contributed by atoms with Crippen LogP contribution in [-0.2, 0) is 17.9 Å². The predicted octanol–water partition coefficient (Wildman–Crippen LogP) is 3.38. The molecule has 1 fully saturated rings. The third kappa shape index (κ3) is 6.23. The van der Waals surface area contributed by atoms with Gasteiger partial charge in [-0.05, 0) is 55.2 Å². The summed E-state index contributed by atoms with van der Waals surface area (Å²) in [5.41, 5.74) is 2.29. The van der Waals surface area contributed by atoms with Crippen molar-refractivity contribution < 1.29 is 14.6 Å². The first kappa shape index (κ1) is 20.6. The van der Waals surface area contributed by atoms with Gasteiger partial charge in [-0.1, -0.05) is 35.9 Å². The molecule has 0 spiro atoms. The quantitative estimate of drug-likeness (QED) is 0.745. The number of rotatable bonds is 7. The molecule has 0 aromatic heterocycles. The normalized spacial score (nSPS) is 16.5. The number of ether oxygens (including phenoxy) is 1. The van der Waals surface area contributed by atoms with Crippen LogP contribution in [-0.4, -0.2) is 41.2 Å². The van der Waals surface area contributed by atoms with Crippen molar-refractivity contribution in [1.29, 1.82) is 0 Å². The Kier molecular flexibility index (Phi) is 7.31. The summed E-state index contributed by atoms with van der Waals surface area (Å²) in [7, 11) is 0. The van der Waals surface area contributed by atoms with Crippen LogP contribution in [0.2, 0.25) is 5.02 Å². The van der Waals surface area contributed by atoms with Crippen molar-refractivity contribution >= 4 is 17.5 Å². The minimum absolute atomic E-state index is 0.145. The number of nitrogens with zero attached hydrogens (tertiary/aromatic N) is 1. The lowest BCUT2D eigenvalue weighted by molar-refractivity contribution is -0.127. The van der Waals surface area contributed by atoms with Gasteiger partial charge in [0.05, 0.1) is 6.10 Å². The highest BCUT2D eigenvalue weighted by Crippen LogP contribution is 2.17. The molecule has 1 atom stereocenters. The Balaban J connectivity index is 1.43. The van der Waals surface area contributed by atoms with Gasteiger partial charge < -0.3 is 15.2 Å². The zero-order chi connectivity index (χ0) is 19.9. The van der Waals surface area contributed by atoms with Crippen LogP contribution in [0.4, 0.5) is 0 Å². The number of halogens is 1. The molecule has 1 saturated heterocycles. The molecule has 28 heavy (non-hydrogen) atoms. The fourth-order valence-electron chi connectivity index (χ4n) is 3.20. The predicted molar refractivity (Wildman–Crippen MR) is 110 cm³/mol. The lowest BCUT2D eigenvalue weighted by atomic mass is 10.1. The summed E-state index contributed by atoms with van der Waals surface area (Å²) in [5.74, 6) is 0.451. The number of hydrogen-bond donors (Lipinski definition) is 2. The van der Waals surface area contributed by atoms with Gasteiger partial charge in [-0.2, -0.15) is 0 Å². The van der Waals surface area contributed by atoms with Gasteiger partial charge in [-0.15, -0.1) is 0 Å². The maximum atomic E-state index is 12.3. The highest BCUT2D eigenvalue weighted by molar-refractivity contribution is 6.30. The number of hydrogen-bond acceptors (Lipinski definition) is 4. The molecule has 2 N–H and O–H groups in total. The van der Waals surface area contributed by atoms with Crippen molar-refractivity contribution in [1.82, 2.24) is 10.2 Å². The van der Waals surface area contributed by atoms with Gasteiger partial charge in [0.1, 0.15) is 5.75 Å². The Hall–Kier alpha value is -2.08. The average Bonchev–Trinajstić information content (AvgIpc) is 2.70. The van der Waals surface area contributed by atoms with Crippen molar-refractivity contribution in [3.8, 4) is 5.75 Å². The number of aliphatic hydroxyl groups excluding tert-OH is 1. The molecule has 3 rings (SSSR count). The van der Waals surface area contributed by atoms with Gasteiger partial charge in [0.2, 0.25) is 0 Å². The molecule has 0 aliphatic carbocycles. The summed E-state index contributed by atoms with van der Waals surface area (Å²) in [6.07, 6.45) is 0.962. The second-order valence-electron chi connectivity index (χ2n) is 7.26. The number of carbonyl (C=O) groups excluding carboxylic acids is 1. The highest BCUT2D eigenvalue weighted by Gasteiger charge is 2.17. The molecule has 5 nitrogen and oxygen atoms in total. The molecule has 1 unspecified atom stereocenters. The Bertz CT molecular complexity index is 756. The van der Waals surface area contributed by atoms with Gasteiger partial charge in [0.15, 0.2) is 6.10 Å². The molecule has 1 amide bonds. The lowest BCUT2D eigenvalue weighted by Gasteiger charge is -2.29. The molecular formula is C22H27ClN2O3. The summed E-state index contributed by atoms with van der Waals surface area (Å²) in [6, 6.07) is 15.2. The number of piperidine rings is 1. The first-order valence-electron chi connectivity index (χ1n) is 9.68. The number of carbonyl (C=O) groups is 1. The molecule has 6 heteroatoms. The molecule has 150 valence electrons. The summed E-state index contributed by atoms with van der Waals surface area (Å²) in [6.45, 7) is 4.95. The topological polar surface area (TPSA) is 61.8 Å². The summed E-state index contributed by atoms with van der Waals surface area (Å²) in [4.78, 5) is 14.6. The van der Waals surface area contributed by atoms with E-state index in [4.69, 9.17) is 16.3 Å². The van der Waals surface area contributed by atoms with Gasteiger partial charge in [-0.25, -0.2) is 0 Å². The number of nitrogens with one attached hydrogen (secondary N) is 1. The van der Waals surface area contributed by atoms with Crippen LogP contribution in [0.3, 0.4) is 0 Å². The molecule has 0 radical (unpaired) electrons. The van der Waals surface area contributed by atoms with Crippen LogP contribution in [0.25, 0.3) is 0 Å². The van der Waals surface area contributed by atoms with E-state index in [-0.39, 0.29) is 12.0 Å². The summed E-state index contributed by atoms with van der Waals surface area (Å²) >= 11 is 5.85. The molecule has 2 aromatic carbocycles. The number of amides is 1. The molecule has 1 heterocycles. The first-order chi connectivity index (χ1) is 13.5. The van der Waals surface area contributed by atoms with Crippen LogP contribution in [0.15, 0.2) is 48.5 Å². The third-order valence-electron chi connectivity index (χ3n) is 4.95. The maximum absolute atomic E-state index is 12.3. The van der Waals surface area contributed by atoms with E-state index < -0.39 is 6.10 Å². The minimum Gasteiger partial charge on any atom is -0.481 e. The van der Waals surface area contributed by atoms with E-state index in [0.717, 1.165) is 38.0 Å². The Morgan fingerprint density at radius 3 is 2.39 bits per heavy atom. The Morgan fingerprint density at radius 2 is 1.75 bits per heavy atom. The number of likely N-dealkylation sites (tertiary alicyclic amines) is 1. The van der Waals surface area contributed by atoms with E-state index in [1.165, 1.54) is 5.56 Å². The fourth-order valence-corrected chi connectivity index (χ4v) is 3.33. The zero-order valence-corrected chi connectivity index (χ0v) is 16.9. The van der Waals surface area contributed by atoms with Gasteiger partial charge >= 0.3 is 0 Å². The van der Waals surface area contributed by atoms with Crippen molar-refractivity contribution in [3.05, 3.63) is 64.7 Å². The zero-order valence-electron chi connectivity index (χ0n) is 16.1. The molecule has 1 aliphatic heterocycles. The van der Waals surface area contributed by atoms with Gasteiger partial charge in [0, 0.05) is 31.2 Å².